The molecule has 3 atom stereocenters. The number of aliphatic carboxylic acids is 1. The second-order valence-corrected chi connectivity index (χ2v) is 4.48. The van der Waals surface area contributed by atoms with Crippen molar-refractivity contribution in [1.82, 2.24) is 5.32 Å². The number of rotatable bonds is 5. The number of amides is 1. The van der Waals surface area contributed by atoms with Gasteiger partial charge in [-0.05, 0) is 13.8 Å². The van der Waals surface area contributed by atoms with E-state index in [2.05, 4.69) is 5.32 Å². The summed E-state index contributed by atoms with van der Waals surface area (Å²) in [6.07, 6.45) is -1.85. The van der Waals surface area contributed by atoms with Crippen molar-refractivity contribution in [2.75, 3.05) is 6.54 Å². The molecule has 3 N–H and O–H groups in total. The van der Waals surface area contributed by atoms with E-state index in [4.69, 9.17) is 14.6 Å². The summed E-state index contributed by atoms with van der Waals surface area (Å²) in [5, 5.41) is 20.3. The van der Waals surface area contributed by atoms with Gasteiger partial charge >= 0.3 is 5.97 Å². The molecule has 18 heavy (non-hydrogen) atoms. The van der Waals surface area contributed by atoms with Crippen LogP contribution in [0.25, 0.3) is 0 Å². The number of carboxylic acid groups (broad SMARTS) is 1. The smallest absolute Gasteiger partial charge is 0.322 e. The maximum atomic E-state index is 11.6. The second-order valence-electron chi connectivity index (χ2n) is 4.48. The molecule has 1 aliphatic heterocycles. The number of hydrogen-bond acceptors (Lipinski definition) is 5. The molecule has 0 radical (unpaired) electrons. The number of aliphatic hydroxyl groups is 1. The molecule has 1 rings (SSSR count). The first-order chi connectivity index (χ1) is 8.38. The minimum absolute atomic E-state index is 0.0805. The van der Waals surface area contributed by atoms with Gasteiger partial charge in [0.15, 0.2) is 6.29 Å². The van der Waals surface area contributed by atoms with Gasteiger partial charge in [0, 0.05) is 12.8 Å². The zero-order chi connectivity index (χ0) is 13.7. The molecular formula is C11H19NO6. The third kappa shape index (κ3) is 4.99. The molecular weight excluding hydrogens is 242 g/mol. The summed E-state index contributed by atoms with van der Waals surface area (Å²) in [5.41, 5.74) is 0. The lowest BCUT2D eigenvalue weighted by Crippen LogP contribution is -2.47. The summed E-state index contributed by atoms with van der Waals surface area (Å²) >= 11 is 0. The molecule has 0 aromatic carbocycles. The van der Waals surface area contributed by atoms with Gasteiger partial charge in [0.05, 0.1) is 12.2 Å². The Hall–Kier alpha value is -1.18. The number of nitrogens with one attached hydrogen (secondary N) is 1. The summed E-state index contributed by atoms with van der Waals surface area (Å²) in [4.78, 5) is 21.9. The topological polar surface area (TPSA) is 105 Å². The Morgan fingerprint density at radius 3 is 2.67 bits per heavy atom. The molecule has 0 aliphatic carbocycles. The van der Waals surface area contributed by atoms with Gasteiger partial charge in [-0.3, -0.25) is 9.59 Å². The fourth-order valence-corrected chi connectivity index (χ4v) is 1.70. The molecule has 0 aromatic heterocycles. The quantitative estimate of drug-likeness (QED) is 0.615. The van der Waals surface area contributed by atoms with E-state index in [0.29, 0.717) is 6.42 Å². The molecule has 1 aliphatic rings. The normalized spacial score (nSPS) is 28.1. The summed E-state index contributed by atoms with van der Waals surface area (Å²) in [6.45, 7) is 3.18. The van der Waals surface area contributed by atoms with Crippen LogP contribution in [-0.4, -0.2) is 53.2 Å². The number of aliphatic hydroxyl groups excluding tert-OH is 1. The van der Waals surface area contributed by atoms with Gasteiger partial charge in [-0.1, -0.05) is 0 Å². The van der Waals surface area contributed by atoms with Gasteiger partial charge in [-0.2, -0.15) is 0 Å². The molecule has 0 spiro atoms. The Labute approximate surface area is 105 Å². The monoisotopic (exact) mass is 261 g/mol. The summed E-state index contributed by atoms with van der Waals surface area (Å²) < 4.78 is 10.8. The van der Waals surface area contributed by atoms with Crippen LogP contribution in [-0.2, 0) is 19.1 Å². The van der Waals surface area contributed by atoms with Crippen molar-refractivity contribution in [2.24, 2.45) is 0 Å². The SMILES string of the molecule is CC(C)O[C@H]1C[C@@H](O)C[C@@H](C(=O)NCC(=O)O)O1. The van der Waals surface area contributed by atoms with E-state index in [1.807, 2.05) is 13.8 Å². The standard InChI is InChI=1S/C11H19NO6/c1-6(2)17-10-4-7(13)3-8(18-10)11(16)12-5-9(14)15/h6-8,10,13H,3-5H2,1-2H3,(H,12,16)(H,14,15)/t7-,8-,10+/m0/s1. The van der Waals surface area contributed by atoms with Crippen molar-refractivity contribution in [2.45, 2.75) is 51.3 Å². The third-order valence-electron chi connectivity index (χ3n) is 2.40. The van der Waals surface area contributed by atoms with E-state index in [9.17, 15) is 14.7 Å². The highest BCUT2D eigenvalue weighted by atomic mass is 16.7. The van der Waals surface area contributed by atoms with Gasteiger partial charge in [0.1, 0.15) is 12.6 Å². The van der Waals surface area contributed by atoms with Gasteiger partial charge < -0.3 is 25.0 Å². The van der Waals surface area contributed by atoms with Gasteiger partial charge in [0.2, 0.25) is 5.91 Å². The highest BCUT2D eigenvalue weighted by Crippen LogP contribution is 2.21. The van der Waals surface area contributed by atoms with E-state index in [-0.39, 0.29) is 12.5 Å². The van der Waals surface area contributed by atoms with Crippen molar-refractivity contribution < 1.29 is 29.3 Å². The molecule has 0 saturated carbocycles. The lowest BCUT2D eigenvalue weighted by atomic mass is 10.0. The van der Waals surface area contributed by atoms with Crippen LogP contribution in [0.3, 0.4) is 0 Å². The van der Waals surface area contributed by atoms with E-state index in [1.165, 1.54) is 0 Å². The molecule has 104 valence electrons. The average molecular weight is 261 g/mol. The minimum Gasteiger partial charge on any atom is -0.480 e. The molecule has 1 amide bonds. The molecule has 0 bridgehead atoms. The van der Waals surface area contributed by atoms with Gasteiger partial charge in [-0.25, -0.2) is 0 Å². The molecule has 1 fully saturated rings. The molecule has 0 unspecified atom stereocenters. The number of hydrogen-bond donors (Lipinski definition) is 3. The van der Waals surface area contributed by atoms with E-state index in [0.717, 1.165) is 0 Å². The largest absolute Gasteiger partial charge is 0.480 e. The zero-order valence-electron chi connectivity index (χ0n) is 10.5. The summed E-state index contributed by atoms with van der Waals surface area (Å²) in [7, 11) is 0. The highest BCUT2D eigenvalue weighted by Gasteiger charge is 2.33. The highest BCUT2D eigenvalue weighted by molar-refractivity contribution is 5.84. The Kier molecular flexibility index (Phi) is 5.52. The Morgan fingerprint density at radius 1 is 1.44 bits per heavy atom. The van der Waals surface area contributed by atoms with Crippen molar-refractivity contribution in [3.63, 3.8) is 0 Å². The number of ether oxygens (including phenoxy) is 2. The van der Waals surface area contributed by atoms with Crippen molar-refractivity contribution in [1.29, 1.82) is 0 Å². The van der Waals surface area contributed by atoms with Crippen molar-refractivity contribution in [3.8, 4) is 0 Å². The zero-order valence-corrected chi connectivity index (χ0v) is 10.5. The van der Waals surface area contributed by atoms with Crippen molar-refractivity contribution in [3.05, 3.63) is 0 Å². The number of carbonyl (C=O) groups is 2. The molecule has 7 heteroatoms. The predicted octanol–water partition coefficient (Wildman–Crippen LogP) is -0.522. The first-order valence-electron chi connectivity index (χ1n) is 5.87. The lowest BCUT2D eigenvalue weighted by Gasteiger charge is -2.33. The van der Waals surface area contributed by atoms with E-state index >= 15 is 0 Å². The van der Waals surface area contributed by atoms with Crippen LogP contribution in [0.1, 0.15) is 26.7 Å². The van der Waals surface area contributed by atoms with Crippen LogP contribution in [0.15, 0.2) is 0 Å². The minimum atomic E-state index is -1.13. The lowest BCUT2D eigenvalue weighted by molar-refractivity contribution is -0.226. The first kappa shape index (κ1) is 14.9. The van der Waals surface area contributed by atoms with Crippen LogP contribution in [0.4, 0.5) is 0 Å². The van der Waals surface area contributed by atoms with Crippen LogP contribution in [0.2, 0.25) is 0 Å². The maximum absolute atomic E-state index is 11.6. The first-order valence-corrected chi connectivity index (χ1v) is 5.87. The summed E-state index contributed by atoms with van der Waals surface area (Å²) in [6, 6.07) is 0. The Balaban J connectivity index is 2.49. The predicted molar refractivity (Wildman–Crippen MR) is 60.8 cm³/mol. The molecule has 1 saturated heterocycles. The third-order valence-corrected chi connectivity index (χ3v) is 2.40. The molecule has 1 heterocycles. The van der Waals surface area contributed by atoms with Crippen molar-refractivity contribution >= 4 is 11.9 Å². The van der Waals surface area contributed by atoms with Crippen LogP contribution >= 0.6 is 0 Å². The Bertz CT molecular complexity index is 304. The fourth-order valence-electron chi connectivity index (χ4n) is 1.70. The Morgan fingerprint density at radius 2 is 2.11 bits per heavy atom. The maximum Gasteiger partial charge on any atom is 0.322 e. The van der Waals surface area contributed by atoms with Crippen LogP contribution in [0.5, 0.6) is 0 Å². The number of carbonyl (C=O) groups excluding carboxylic acids is 1. The fraction of sp³-hybridized carbons (Fsp3) is 0.818. The van der Waals surface area contributed by atoms with E-state index in [1.54, 1.807) is 0 Å². The van der Waals surface area contributed by atoms with Gasteiger partial charge in [-0.15, -0.1) is 0 Å². The van der Waals surface area contributed by atoms with Crippen LogP contribution in [0, 0.1) is 0 Å². The summed E-state index contributed by atoms with van der Waals surface area (Å²) in [5.74, 6) is -1.68. The average Bonchev–Trinajstić information content (AvgIpc) is 2.23. The second kappa shape index (κ2) is 6.67. The van der Waals surface area contributed by atoms with E-state index < -0.39 is 36.9 Å². The number of carboxylic acids is 1. The van der Waals surface area contributed by atoms with Gasteiger partial charge in [0.25, 0.3) is 0 Å². The molecule has 7 nitrogen and oxygen atoms in total. The molecule has 0 aromatic rings. The van der Waals surface area contributed by atoms with Crippen LogP contribution < -0.4 is 5.32 Å².